The lowest BCUT2D eigenvalue weighted by molar-refractivity contribution is -0.113. The van der Waals surface area contributed by atoms with Gasteiger partial charge in [0.15, 0.2) is 0 Å². The molecule has 0 aromatic heterocycles. The van der Waals surface area contributed by atoms with Crippen LogP contribution in [0.2, 0.25) is 0 Å². The molecule has 0 heterocycles. The Bertz CT molecular complexity index is 636. The van der Waals surface area contributed by atoms with Gasteiger partial charge in [0.2, 0.25) is 0 Å². The molecule has 0 spiro atoms. The minimum Gasteiger partial charge on any atom is -0.303 e. The molecule has 4 nitrogen and oxygen atoms in total. The van der Waals surface area contributed by atoms with E-state index in [4.69, 9.17) is 0 Å². The number of hydrogen-bond donors (Lipinski definition) is 1. The van der Waals surface area contributed by atoms with Gasteiger partial charge >= 0.3 is 0 Å². The first-order valence-corrected chi connectivity index (χ1v) is 10.7. The van der Waals surface area contributed by atoms with Crippen molar-refractivity contribution in [2.45, 2.75) is 71.0 Å². The lowest BCUT2D eigenvalue weighted by Crippen LogP contribution is -2.49. The predicted molar refractivity (Wildman–Crippen MR) is 102 cm³/mol. The van der Waals surface area contributed by atoms with Crippen LogP contribution in [0.25, 0.3) is 0 Å². The molecule has 25 heavy (non-hydrogen) atoms. The highest BCUT2D eigenvalue weighted by Gasteiger charge is 2.54. The summed E-state index contributed by atoms with van der Waals surface area (Å²) in [6.07, 6.45) is 5.21. The maximum Gasteiger partial charge on any atom is 0.275 e. The Hall–Kier alpha value is -1.20. The lowest BCUT2D eigenvalue weighted by atomic mass is 9.73. The van der Waals surface area contributed by atoms with Gasteiger partial charge in [-0.1, -0.05) is 76.3 Å². The summed E-state index contributed by atoms with van der Waals surface area (Å²) in [6, 6.07) is 7.16. The number of unbranched alkanes of at least 4 members (excludes halogenated alkanes) is 2. The van der Waals surface area contributed by atoms with Gasteiger partial charge in [-0.25, -0.2) is 0 Å². The van der Waals surface area contributed by atoms with Crippen molar-refractivity contribution in [1.82, 2.24) is 0 Å². The van der Waals surface area contributed by atoms with Crippen LogP contribution < -0.4 is 0 Å². The van der Waals surface area contributed by atoms with Crippen LogP contribution in [0, 0.1) is 18.8 Å². The van der Waals surface area contributed by atoms with Gasteiger partial charge in [-0.2, -0.15) is 8.42 Å². The van der Waals surface area contributed by atoms with Crippen LogP contribution in [0.1, 0.15) is 70.4 Å². The molecule has 0 fully saturated rings. The molecule has 5 heteroatoms. The number of carbonyl (C=O) groups is 1. The van der Waals surface area contributed by atoms with Crippen molar-refractivity contribution in [3.05, 3.63) is 35.4 Å². The van der Waals surface area contributed by atoms with Crippen LogP contribution in [-0.4, -0.2) is 19.3 Å². The van der Waals surface area contributed by atoms with Crippen molar-refractivity contribution < 1.29 is 17.8 Å². The summed E-state index contributed by atoms with van der Waals surface area (Å²) in [6.45, 7) is 7.81. The van der Waals surface area contributed by atoms with Gasteiger partial charge in [0.25, 0.3) is 10.1 Å². The van der Waals surface area contributed by atoms with Gasteiger partial charge < -0.3 is 4.79 Å². The number of rotatable bonds is 11. The third kappa shape index (κ3) is 4.70. The second-order valence-electron chi connectivity index (χ2n) is 7.06. The van der Waals surface area contributed by atoms with Crippen LogP contribution in [0.5, 0.6) is 0 Å². The van der Waals surface area contributed by atoms with E-state index < -0.39 is 20.8 Å². The van der Waals surface area contributed by atoms with Crippen LogP contribution in [0.15, 0.2) is 24.3 Å². The Morgan fingerprint density at radius 1 is 1.08 bits per heavy atom. The second-order valence-corrected chi connectivity index (χ2v) is 8.69. The molecule has 142 valence electrons. The minimum atomic E-state index is -4.50. The second kappa shape index (κ2) is 9.48. The molecule has 0 saturated heterocycles. The summed E-state index contributed by atoms with van der Waals surface area (Å²) in [4.78, 5) is 11.9. The maximum atomic E-state index is 12.7. The molecule has 0 unspecified atom stereocenters. The topological polar surface area (TPSA) is 71.4 Å². The molecule has 0 amide bonds. The number of hydrogen-bond acceptors (Lipinski definition) is 3. The fourth-order valence-electron chi connectivity index (χ4n) is 3.80. The molecule has 0 radical (unpaired) electrons. The summed E-state index contributed by atoms with van der Waals surface area (Å²) >= 11 is 0. The number of carbonyl (C=O) groups excluding carboxylic acids is 1. The Morgan fingerprint density at radius 2 is 1.60 bits per heavy atom. The van der Waals surface area contributed by atoms with Gasteiger partial charge in [0.1, 0.15) is 11.0 Å². The van der Waals surface area contributed by atoms with Crippen molar-refractivity contribution >= 4 is 16.4 Å². The number of aldehydes is 1. The molecule has 0 aliphatic heterocycles. The van der Waals surface area contributed by atoms with E-state index in [-0.39, 0.29) is 5.92 Å². The minimum absolute atomic E-state index is 0.364. The molecule has 3 atom stereocenters. The SMILES string of the molecule is CCCC[C@@H](C)[C@](c1ccc(C)cc1)([C@@H](C=O)CCCC)S(=O)(=O)O. The molecule has 0 saturated carbocycles. The summed E-state index contributed by atoms with van der Waals surface area (Å²) < 4.78 is 34.2. The van der Waals surface area contributed by atoms with E-state index in [9.17, 15) is 17.8 Å². The highest BCUT2D eigenvalue weighted by atomic mass is 32.2. The Balaban J connectivity index is 3.63. The fraction of sp³-hybridized carbons (Fsp3) is 0.650. The van der Waals surface area contributed by atoms with E-state index in [0.29, 0.717) is 18.4 Å². The van der Waals surface area contributed by atoms with Gasteiger partial charge in [-0.3, -0.25) is 4.55 Å². The fourth-order valence-corrected chi connectivity index (χ4v) is 5.42. The van der Waals surface area contributed by atoms with E-state index >= 15 is 0 Å². The Labute approximate surface area is 152 Å². The largest absolute Gasteiger partial charge is 0.303 e. The van der Waals surface area contributed by atoms with Crippen molar-refractivity contribution in [3.8, 4) is 0 Å². The van der Waals surface area contributed by atoms with Crippen LogP contribution in [-0.2, 0) is 19.7 Å². The molecule has 1 N–H and O–H groups in total. The Kier molecular flexibility index (Phi) is 8.29. The molecular weight excluding hydrogens is 336 g/mol. The molecular formula is C20H32O4S. The van der Waals surface area contributed by atoms with Gasteiger partial charge in [-0.05, 0) is 31.2 Å². The number of aryl methyl sites for hydroxylation is 1. The molecule has 1 rings (SSSR count). The van der Waals surface area contributed by atoms with E-state index in [1.807, 2.05) is 39.8 Å². The first-order valence-electron chi connectivity index (χ1n) is 9.25. The summed E-state index contributed by atoms with van der Waals surface area (Å²) in [5.74, 6) is -1.13. The molecule has 0 aliphatic rings. The monoisotopic (exact) mass is 368 g/mol. The molecule has 1 aromatic carbocycles. The van der Waals surface area contributed by atoms with Crippen LogP contribution in [0.3, 0.4) is 0 Å². The smallest absolute Gasteiger partial charge is 0.275 e. The summed E-state index contributed by atoms with van der Waals surface area (Å²) in [5.41, 5.74) is 1.52. The normalized spacial score (nSPS) is 16.8. The van der Waals surface area contributed by atoms with Gasteiger partial charge in [0.05, 0.1) is 0 Å². The van der Waals surface area contributed by atoms with Crippen LogP contribution in [0.4, 0.5) is 0 Å². The van der Waals surface area contributed by atoms with Crippen molar-refractivity contribution in [2.24, 2.45) is 11.8 Å². The van der Waals surface area contributed by atoms with Crippen LogP contribution >= 0.6 is 0 Å². The highest BCUT2D eigenvalue weighted by Crippen LogP contribution is 2.47. The summed E-state index contributed by atoms with van der Waals surface area (Å²) in [5, 5.41) is 0. The van der Waals surface area contributed by atoms with E-state index in [0.717, 1.165) is 37.5 Å². The van der Waals surface area contributed by atoms with Crippen molar-refractivity contribution in [1.29, 1.82) is 0 Å². The standard InChI is InChI=1S/C20H32O4S/c1-5-7-9-17(4)20(25(22,23)24,19(15-21)10-8-6-2)18-13-11-16(3)12-14-18/h11-15,17,19H,5-10H2,1-4H3,(H,22,23,24)/t17-,19-,20+/m1/s1. The lowest BCUT2D eigenvalue weighted by Gasteiger charge is -2.41. The highest BCUT2D eigenvalue weighted by molar-refractivity contribution is 7.86. The molecule has 0 bridgehead atoms. The quantitative estimate of drug-likeness (QED) is 0.445. The van der Waals surface area contributed by atoms with E-state index in [2.05, 4.69) is 0 Å². The number of benzene rings is 1. The van der Waals surface area contributed by atoms with Crippen molar-refractivity contribution in [2.75, 3.05) is 0 Å². The van der Waals surface area contributed by atoms with Gasteiger partial charge in [0, 0.05) is 5.92 Å². The molecule has 1 aromatic rings. The Morgan fingerprint density at radius 3 is 2.04 bits per heavy atom. The summed E-state index contributed by atoms with van der Waals surface area (Å²) in [7, 11) is -4.50. The zero-order chi connectivity index (χ0) is 19.1. The molecule has 0 aliphatic carbocycles. The van der Waals surface area contributed by atoms with Crippen molar-refractivity contribution in [3.63, 3.8) is 0 Å². The van der Waals surface area contributed by atoms with Gasteiger partial charge in [-0.15, -0.1) is 0 Å². The predicted octanol–water partition coefficient (Wildman–Crippen LogP) is 4.91. The first-order chi connectivity index (χ1) is 11.7. The first kappa shape index (κ1) is 21.8. The zero-order valence-corrected chi connectivity index (χ0v) is 16.7. The van der Waals surface area contributed by atoms with E-state index in [1.54, 1.807) is 12.1 Å². The average Bonchev–Trinajstić information content (AvgIpc) is 2.56. The average molecular weight is 369 g/mol. The zero-order valence-electron chi connectivity index (χ0n) is 15.9. The third-order valence-electron chi connectivity index (χ3n) is 5.24. The van der Waals surface area contributed by atoms with E-state index in [1.165, 1.54) is 0 Å². The third-order valence-corrected chi connectivity index (χ3v) is 7.03. The maximum absolute atomic E-state index is 12.7.